The Bertz CT molecular complexity index is 4180. The summed E-state index contributed by atoms with van der Waals surface area (Å²) in [6.07, 6.45) is 0.220. The zero-order valence-corrected chi connectivity index (χ0v) is 45.5. The van der Waals surface area contributed by atoms with Crippen molar-refractivity contribution < 1.29 is 53.9 Å². The van der Waals surface area contributed by atoms with Gasteiger partial charge in [-0.05, 0) is 174 Å². The molecule has 0 aliphatic heterocycles. The van der Waals surface area contributed by atoms with E-state index in [1.807, 2.05) is 105 Å². The second-order valence-corrected chi connectivity index (χ2v) is 24.5. The summed E-state index contributed by atoms with van der Waals surface area (Å²) in [5.41, 5.74) is 8.85. The van der Waals surface area contributed by atoms with Crippen molar-refractivity contribution in [1.29, 1.82) is 0 Å². The zero-order valence-electron chi connectivity index (χ0n) is 42.3. The Hall–Kier alpha value is -8.16. The van der Waals surface area contributed by atoms with Crippen LogP contribution in [0.15, 0.2) is 260 Å². The lowest BCUT2D eigenvalue weighted by Gasteiger charge is -2.16. The van der Waals surface area contributed by atoms with E-state index in [4.69, 9.17) is 14.7 Å². The van der Waals surface area contributed by atoms with Gasteiger partial charge >= 0.3 is 0 Å². The van der Waals surface area contributed by atoms with E-state index in [-0.39, 0.29) is 36.5 Å². The van der Waals surface area contributed by atoms with Gasteiger partial charge < -0.3 is 9.47 Å². The highest BCUT2D eigenvalue weighted by Crippen LogP contribution is 2.42. The maximum Gasteiger partial charge on any atom is 0.295 e. The summed E-state index contributed by atoms with van der Waals surface area (Å²) in [4.78, 5) is 0.567. The molecule has 2 N–H and O–H groups in total. The van der Waals surface area contributed by atoms with Crippen LogP contribution in [0.25, 0.3) is 44.5 Å². The van der Waals surface area contributed by atoms with Gasteiger partial charge in [0.05, 0.1) is 31.6 Å². The van der Waals surface area contributed by atoms with Gasteiger partial charge in [-0.2, -0.15) is 8.42 Å². The predicted octanol–water partition coefficient (Wildman–Crippen LogP) is 15.5. The average Bonchev–Trinajstić information content (AvgIpc) is 3.48. The minimum absolute atomic E-state index is 0.0499. The van der Waals surface area contributed by atoms with E-state index in [9.17, 15) is 29.8 Å². The van der Waals surface area contributed by atoms with Crippen LogP contribution in [0, 0.1) is 13.8 Å². The van der Waals surface area contributed by atoms with Crippen LogP contribution in [-0.2, 0) is 45.6 Å². The molecule has 0 aromatic heterocycles. The summed E-state index contributed by atoms with van der Waals surface area (Å²) >= 11 is 0.668. The van der Waals surface area contributed by atoms with Crippen LogP contribution in [-0.4, -0.2) is 35.1 Å². The van der Waals surface area contributed by atoms with E-state index >= 15 is 0 Å². The molecule has 0 amide bonds. The monoisotopic (exact) mass is 1120 g/mol. The Balaban J connectivity index is 0.870. The molecule has 79 heavy (non-hydrogen) atoms. The molecule has 0 unspecified atom stereocenters. The number of aryl methyl sites for hydroxylation is 2. The standard InChI is InChI=1S/C63H48O12S4/c1-42-13-25-52(26-14-42)77(65,66)54-29-21-50(22-30-54)72-60-35-19-48(40-58(60)46-9-5-3-6-10-46)49-20-36-61(59(41-49)47-11-7-4-8-12-47)73-51-23-31-55(32-24-51)78(67,68)53-27-16-44(17-28-53)38-45-18-34-57(63(39-45)79(69,70)71)56-33-15-43(2)37-62(56)76-75-74-64/h3-37,39-41,64H,38H2,1-2H3,(H,69,70,71). The molecule has 0 fully saturated rings. The summed E-state index contributed by atoms with van der Waals surface area (Å²) < 4.78 is 108. The number of hydrogen-bond donors (Lipinski definition) is 2. The van der Waals surface area contributed by atoms with E-state index in [0.29, 0.717) is 56.6 Å². The van der Waals surface area contributed by atoms with Crippen LogP contribution in [0.3, 0.4) is 0 Å². The molecule has 16 heteroatoms. The molecule has 0 aliphatic rings. The number of ether oxygens (including phenoxy) is 2. The van der Waals surface area contributed by atoms with Crippen molar-refractivity contribution in [2.45, 2.75) is 49.6 Å². The van der Waals surface area contributed by atoms with Gasteiger partial charge in [0.1, 0.15) is 27.9 Å². The molecule has 10 rings (SSSR count). The van der Waals surface area contributed by atoms with E-state index in [0.717, 1.165) is 44.5 Å². The van der Waals surface area contributed by atoms with Gasteiger partial charge in [-0.25, -0.2) is 22.1 Å². The van der Waals surface area contributed by atoms with Crippen molar-refractivity contribution in [2.75, 3.05) is 0 Å². The third-order valence-electron chi connectivity index (χ3n) is 13.1. The van der Waals surface area contributed by atoms with Crippen molar-refractivity contribution in [2.24, 2.45) is 0 Å². The molecular weight excluding hydrogens is 1080 g/mol. The van der Waals surface area contributed by atoms with Crippen LogP contribution in [0.4, 0.5) is 0 Å². The lowest BCUT2D eigenvalue weighted by molar-refractivity contribution is -0.432. The Morgan fingerprint density at radius 3 is 1.30 bits per heavy atom. The molecule has 396 valence electrons. The van der Waals surface area contributed by atoms with Gasteiger partial charge in [0, 0.05) is 21.6 Å². The van der Waals surface area contributed by atoms with Crippen molar-refractivity contribution in [3.8, 4) is 67.5 Å². The molecule has 0 radical (unpaired) electrons. The molecule has 0 saturated heterocycles. The summed E-state index contributed by atoms with van der Waals surface area (Å²) in [6.45, 7) is 3.73. The largest absolute Gasteiger partial charge is 0.457 e. The fraction of sp³-hybridized carbons (Fsp3) is 0.0476. The van der Waals surface area contributed by atoms with Crippen molar-refractivity contribution in [3.05, 3.63) is 253 Å². The second kappa shape index (κ2) is 23.0. The smallest absolute Gasteiger partial charge is 0.295 e. The lowest BCUT2D eigenvalue weighted by Crippen LogP contribution is -2.04. The Morgan fingerprint density at radius 2 is 0.835 bits per heavy atom. The molecule has 0 aliphatic carbocycles. The van der Waals surface area contributed by atoms with Crippen molar-refractivity contribution in [3.63, 3.8) is 0 Å². The second-order valence-electron chi connectivity index (χ2n) is 18.5. The van der Waals surface area contributed by atoms with Crippen LogP contribution < -0.4 is 9.47 Å². The molecule has 0 bridgehead atoms. The van der Waals surface area contributed by atoms with Crippen LogP contribution in [0.2, 0.25) is 0 Å². The van der Waals surface area contributed by atoms with E-state index in [2.05, 4.69) is 15.4 Å². The first-order valence-corrected chi connectivity index (χ1v) is 29.7. The molecule has 0 saturated carbocycles. The van der Waals surface area contributed by atoms with Gasteiger partial charge in [-0.15, -0.1) is 4.33 Å². The normalized spacial score (nSPS) is 11.8. The number of hydrogen-bond acceptors (Lipinski definition) is 12. The van der Waals surface area contributed by atoms with E-state index < -0.39 is 29.8 Å². The third-order valence-corrected chi connectivity index (χ3v) is 18.2. The fourth-order valence-corrected chi connectivity index (χ4v) is 12.9. The summed E-state index contributed by atoms with van der Waals surface area (Å²) in [5.74, 6) is 1.99. The topological polar surface area (TPSA) is 180 Å². The highest BCUT2D eigenvalue weighted by atomic mass is 32.2. The highest BCUT2D eigenvalue weighted by Gasteiger charge is 2.23. The predicted molar refractivity (Wildman–Crippen MR) is 304 cm³/mol. The van der Waals surface area contributed by atoms with Gasteiger partial charge in [-0.3, -0.25) is 4.55 Å². The molecular formula is C63H48O12S4. The third kappa shape index (κ3) is 12.3. The van der Waals surface area contributed by atoms with Gasteiger partial charge in [0.2, 0.25) is 19.7 Å². The van der Waals surface area contributed by atoms with Crippen LogP contribution in [0.5, 0.6) is 23.0 Å². The fourth-order valence-electron chi connectivity index (χ4n) is 9.01. The van der Waals surface area contributed by atoms with Gasteiger partial charge in [0.25, 0.3) is 10.1 Å². The molecule has 10 aromatic rings. The average molecular weight is 1130 g/mol. The number of rotatable bonds is 18. The molecule has 12 nitrogen and oxygen atoms in total. The zero-order chi connectivity index (χ0) is 55.3. The quantitative estimate of drug-likeness (QED) is 0.0359. The van der Waals surface area contributed by atoms with Crippen molar-refractivity contribution in [1.82, 2.24) is 0 Å². The Kier molecular flexibility index (Phi) is 15.8. The first-order chi connectivity index (χ1) is 38.0. The summed E-state index contributed by atoms with van der Waals surface area (Å²) in [5, 5.41) is 12.5. The lowest BCUT2D eigenvalue weighted by atomic mass is 9.95. The minimum atomic E-state index is -4.71. The van der Waals surface area contributed by atoms with Crippen LogP contribution >= 0.6 is 12.0 Å². The Morgan fingerprint density at radius 1 is 0.405 bits per heavy atom. The maximum absolute atomic E-state index is 14.0. The maximum atomic E-state index is 14.0. The molecule has 10 aromatic carbocycles. The highest BCUT2D eigenvalue weighted by molar-refractivity contribution is 7.94. The molecule has 0 spiro atoms. The first-order valence-electron chi connectivity index (χ1n) is 24.5. The first kappa shape index (κ1) is 54.2. The summed E-state index contributed by atoms with van der Waals surface area (Å²) in [6, 6.07) is 66.8. The van der Waals surface area contributed by atoms with E-state index in [1.54, 1.807) is 103 Å². The van der Waals surface area contributed by atoms with Crippen molar-refractivity contribution >= 4 is 41.8 Å². The minimum Gasteiger partial charge on any atom is -0.457 e. The molecule has 0 heterocycles. The Labute approximate surface area is 462 Å². The molecule has 0 atom stereocenters. The van der Waals surface area contributed by atoms with E-state index in [1.165, 1.54) is 30.3 Å². The number of benzene rings is 10. The van der Waals surface area contributed by atoms with Crippen LogP contribution in [0.1, 0.15) is 22.3 Å². The SMILES string of the molecule is Cc1ccc(S(=O)(=O)c2ccc(Oc3ccc(-c4ccc(Oc5ccc(S(=O)(=O)c6ccc(Cc7ccc(-c8ccc(C)cc8SOOO)c(S(=O)(=O)O)c7)cc6)cc5)c(-c5ccccc5)c4)cc3-c3ccccc3)cc2)cc1. The number of sulfone groups is 2. The summed E-state index contributed by atoms with van der Waals surface area (Å²) in [7, 11) is -12.4. The van der Waals surface area contributed by atoms with Gasteiger partial charge in [0.15, 0.2) is 0 Å². The van der Waals surface area contributed by atoms with Gasteiger partial charge in [-0.1, -0.05) is 132 Å².